The maximum Gasteiger partial charge on any atom is 0.254 e. The van der Waals surface area contributed by atoms with Gasteiger partial charge in [-0.3, -0.25) is 19.3 Å². The minimum Gasteiger partial charge on any atom is -0.339 e. The molecule has 1 unspecified atom stereocenters. The van der Waals surface area contributed by atoms with Gasteiger partial charge in [-0.15, -0.1) is 0 Å². The molecule has 4 rings (SSSR count). The third-order valence-corrected chi connectivity index (χ3v) is 6.86. The molecule has 2 aliphatic rings. The average Bonchev–Trinajstić information content (AvgIpc) is 2.84. The second-order valence-electron chi connectivity index (χ2n) is 9.24. The van der Waals surface area contributed by atoms with Crippen LogP contribution >= 0.6 is 0 Å². The van der Waals surface area contributed by atoms with Crippen molar-refractivity contribution in [3.05, 3.63) is 70.8 Å². The number of amides is 2. The van der Waals surface area contributed by atoms with E-state index < -0.39 is 0 Å². The van der Waals surface area contributed by atoms with Crippen LogP contribution in [0.15, 0.2) is 48.5 Å². The Kier molecular flexibility index (Phi) is 7.23. The van der Waals surface area contributed by atoms with Crippen molar-refractivity contribution in [3.63, 3.8) is 0 Å². The van der Waals surface area contributed by atoms with Gasteiger partial charge in [-0.25, -0.2) is 0 Å². The number of nitrogens with zero attached hydrogens (tertiary/aromatic N) is 3. The number of piperidine rings is 1. The molecule has 33 heavy (non-hydrogen) atoms. The highest BCUT2D eigenvalue weighted by Gasteiger charge is 2.29. The summed E-state index contributed by atoms with van der Waals surface area (Å²) < 4.78 is 0. The normalized spacial score (nSPS) is 19.4. The van der Waals surface area contributed by atoms with E-state index in [9.17, 15) is 14.4 Å². The van der Waals surface area contributed by atoms with Gasteiger partial charge in [0.05, 0.1) is 12.1 Å². The molecule has 1 atom stereocenters. The number of aryl methyl sites for hydroxylation is 1. The number of ketones is 1. The zero-order chi connectivity index (χ0) is 23.4. The maximum absolute atomic E-state index is 13.3. The molecule has 0 bridgehead atoms. The van der Waals surface area contributed by atoms with Gasteiger partial charge in [0.25, 0.3) is 5.91 Å². The molecule has 0 N–H and O–H groups in total. The van der Waals surface area contributed by atoms with Gasteiger partial charge in [0.1, 0.15) is 0 Å². The Morgan fingerprint density at radius 1 is 0.848 bits per heavy atom. The molecule has 2 aromatic rings. The third kappa shape index (κ3) is 5.33. The Morgan fingerprint density at radius 3 is 2.18 bits per heavy atom. The highest BCUT2D eigenvalue weighted by Crippen LogP contribution is 2.19. The Labute approximate surface area is 196 Å². The quantitative estimate of drug-likeness (QED) is 0.660. The topological polar surface area (TPSA) is 60.9 Å². The van der Waals surface area contributed by atoms with E-state index in [4.69, 9.17) is 0 Å². The van der Waals surface area contributed by atoms with Crippen molar-refractivity contribution in [1.29, 1.82) is 0 Å². The van der Waals surface area contributed by atoms with Crippen LogP contribution in [0.5, 0.6) is 0 Å². The van der Waals surface area contributed by atoms with Crippen LogP contribution in [0.2, 0.25) is 0 Å². The summed E-state index contributed by atoms with van der Waals surface area (Å²) >= 11 is 0. The van der Waals surface area contributed by atoms with Gasteiger partial charge >= 0.3 is 0 Å². The maximum atomic E-state index is 13.3. The zero-order valence-electron chi connectivity index (χ0n) is 19.6. The summed E-state index contributed by atoms with van der Waals surface area (Å²) in [6.45, 7) is 7.79. The number of hydrogen-bond donors (Lipinski definition) is 0. The van der Waals surface area contributed by atoms with Crippen molar-refractivity contribution in [2.75, 3.05) is 39.3 Å². The van der Waals surface area contributed by atoms with E-state index in [1.165, 1.54) is 6.42 Å². The van der Waals surface area contributed by atoms with E-state index in [1.54, 1.807) is 41.3 Å². The smallest absolute Gasteiger partial charge is 0.254 e. The monoisotopic (exact) mass is 447 g/mol. The summed E-state index contributed by atoms with van der Waals surface area (Å²) in [4.78, 5) is 45.1. The van der Waals surface area contributed by atoms with Crippen molar-refractivity contribution < 1.29 is 14.4 Å². The fraction of sp³-hybridized carbons (Fsp3) is 0.444. The van der Waals surface area contributed by atoms with Gasteiger partial charge in [0, 0.05) is 49.9 Å². The number of hydrogen-bond acceptors (Lipinski definition) is 4. The van der Waals surface area contributed by atoms with Crippen LogP contribution < -0.4 is 0 Å². The molecule has 0 aromatic heterocycles. The van der Waals surface area contributed by atoms with Crippen LogP contribution in [0, 0.1) is 6.92 Å². The van der Waals surface area contributed by atoms with Crippen molar-refractivity contribution in [3.8, 4) is 0 Å². The van der Waals surface area contributed by atoms with Crippen LogP contribution in [-0.4, -0.2) is 77.6 Å². The molecule has 6 heteroatoms. The number of likely N-dealkylation sites (tertiary alicyclic amines) is 1. The van der Waals surface area contributed by atoms with E-state index in [2.05, 4.69) is 11.8 Å². The summed E-state index contributed by atoms with van der Waals surface area (Å²) in [5.41, 5.74) is 2.54. The lowest BCUT2D eigenvalue weighted by atomic mass is 9.97. The predicted octanol–water partition coefficient (Wildman–Crippen LogP) is 3.38. The van der Waals surface area contributed by atoms with E-state index in [1.807, 2.05) is 24.0 Å². The minimum absolute atomic E-state index is 0.123. The average molecular weight is 448 g/mol. The summed E-state index contributed by atoms with van der Waals surface area (Å²) in [6, 6.07) is 14.8. The number of piperazine rings is 1. The van der Waals surface area contributed by atoms with Gasteiger partial charge < -0.3 is 9.80 Å². The number of carbonyl (C=O) groups excluding carboxylic acids is 3. The van der Waals surface area contributed by atoms with E-state index in [-0.39, 0.29) is 17.6 Å². The van der Waals surface area contributed by atoms with Crippen LogP contribution in [0.1, 0.15) is 58.0 Å². The van der Waals surface area contributed by atoms with Crippen molar-refractivity contribution in [2.24, 2.45) is 0 Å². The molecule has 2 aromatic carbocycles. The molecular weight excluding hydrogens is 414 g/mol. The fourth-order valence-corrected chi connectivity index (χ4v) is 4.76. The number of carbonyl (C=O) groups is 3. The molecule has 0 aliphatic carbocycles. The summed E-state index contributed by atoms with van der Waals surface area (Å²) in [6.07, 6.45) is 3.35. The molecule has 0 spiro atoms. The van der Waals surface area contributed by atoms with Crippen molar-refractivity contribution >= 4 is 17.6 Å². The summed E-state index contributed by atoms with van der Waals surface area (Å²) in [7, 11) is 0. The SMILES string of the molecule is Cc1ccc(C(=O)c2ccccc2C(=O)N2CCN(CC(=O)N3CCCCC3C)CC2)cc1. The molecule has 174 valence electrons. The molecule has 2 amide bonds. The first-order valence-corrected chi connectivity index (χ1v) is 12.0. The predicted molar refractivity (Wildman–Crippen MR) is 128 cm³/mol. The largest absolute Gasteiger partial charge is 0.339 e. The van der Waals surface area contributed by atoms with Gasteiger partial charge in [-0.05, 0) is 39.2 Å². The molecule has 2 aliphatic heterocycles. The Morgan fingerprint density at radius 2 is 1.52 bits per heavy atom. The lowest BCUT2D eigenvalue weighted by Gasteiger charge is -2.38. The molecule has 0 radical (unpaired) electrons. The molecule has 0 saturated carbocycles. The molecular formula is C27H33N3O3. The van der Waals surface area contributed by atoms with Gasteiger partial charge in [0.15, 0.2) is 5.78 Å². The van der Waals surface area contributed by atoms with Crippen molar-refractivity contribution in [2.45, 2.75) is 39.2 Å². The molecule has 2 fully saturated rings. The van der Waals surface area contributed by atoms with E-state index in [0.717, 1.165) is 24.9 Å². The lowest BCUT2D eigenvalue weighted by Crippen LogP contribution is -2.53. The van der Waals surface area contributed by atoms with Crippen LogP contribution in [0.3, 0.4) is 0 Å². The summed E-state index contributed by atoms with van der Waals surface area (Å²) in [5, 5.41) is 0. The molecule has 6 nitrogen and oxygen atoms in total. The van der Waals surface area contributed by atoms with Crippen LogP contribution in [0.25, 0.3) is 0 Å². The van der Waals surface area contributed by atoms with Gasteiger partial charge in [-0.2, -0.15) is 0 Å². The highest BCUT2D eigenvalue weighted by atomic mass is 16.2. The van der Waals surface area contributed by atoms with Crippen molar-refractivity contribution in [1.82, 2.24) is 14.7 Å². The fourth-order valence-electron chi connectivity index (χ4n) is 4.76. The standard InChI is InChI=1S/C27H33N3O3/c1-20-10-12-22(13-11-20)26(32)23-8-3-4-9-24(23)27(33)29-17-15-28(16-18-29)19-25(31)30-14-6-5-7-21(30)2/h3-4,8-13,21H,5-7,14-19H2,1-2H3. The third-order valence-electron chi connectivity index (χ3n) is 6.86. The second-order valence-corrected chi connectivity index (χ2v) is 9.24. The zero-order valence-corrected chi connectivity index (χ0v) is 19.6. The molecule has 2 saturated heterocycles. The number of benzene rings is 2. The van der Waals surface area contributed by atoms with Crippen LogP contribution in [0.4, 0.5) is 0 Å². The van der Waals surface area contributed by atoms with Gasteiger partial charge in [-0.1, -0.05) is 48.0 Å². The van der Waals surface area contributed by atoms with Gasteiger partial charge in [0.2, 0.25) is 5.91 Å². The first-order valence-electron chi connectivity index (χ1n) is 12.0. The summed E-state index contributed by atoms with van der Waals surface area (Å²) in [5.74, 6) is -0.0726. The Bertz CT molecular complexity index is 1010. The molecule has 2 heterocycles. The van der Waals surface area contributed by atoms with E-state index in [0.29, 0.717) is 55.5 Å². The minimum atomic E-state index is -0.140. The Balaban J connectivity index is 1.38. The van der Waals surface area contributed by atoms with Crippen LogP contribution in [-0.2, 0) is 4.79 Å². The highest BCUT2D eigenvalue weighted by molar-refractivity contribution is 6.15. The Hall–Kier alpha value is -2.99. The lowest BCUT2D eigenvalue weighted by molar-refractivity contribution is -0.136. The van der Waals surface area contributed by atoms with E-state index >= 15 is 0 Å². The first-order chi connectivity index (χ1) is 15.9. The second kappa shape index (κ2) is 10.3. The number of rotatable bonds is 5. The first kappa shape index (κ1) is 23.2.